The van der Waals surface area contributed by atoms with E-state index in [-0.39, 0.29) is 5.69 Å². The van der Waals surface area contributed by atoms with Gasteiger partial charge >= 0.3 is 5.69 Å². The first-order valence-electron chi connectivity index (χ1n) is 12.7. The summed E-state index contributed by atoms with van der Waals surface area (Å²) in [5.41, 5.74) is 9.34. The third-order valence-electron chi connectivity index (χ3n) is 6.92. The highest BCUT2D eigenvalue weighted by Crippen LogP contribution is 2.37. The van der Waals surface area contributed by atoms with Gasteiger partial charge in [-0.05, 0) is 84.0 Å². The number of aromatic nitrogens is 4. The van der Waals surface area contributed by atoms with Gasteiger partial charge in [0.15, 0.2) is 5.75 Å². The van der Waals surface area contributed by atoms with Gasteiger partial charge in [-0.1, -0.05) is 30.3 Å². The Kier molecular flexibility index (Phi) is 5.38. The first-order valence-corrected chi connectivity index (χ1v) is 12.7. The highest BCUT2D eigenvalue weighted by atomic mass is 16.6. The minimum atomic E-state index is -0.604. The summed E-state index contributed by atoms with van der Waals surface area (Å²) in [5, 5.41) is 21.8. The van der Waals surface area contributed by atoms with Crippen LogP contribution in [0.15, 0.2) is 84.9 Å². The molecule has 2 aliphatic heterocycles. The summed E-state index contributed by atoms with van der Waals surface area (Å²) in [6.45, 7) is 0. The Labute approximate surface area is 227 Å². The van der Waals surface area contributed by atoms with Crippen molar-refractivity contribution in [1.82, 2.24) is 19.9 Å². The fourth-order valence-corrected chi connectivity index (χ4v) is 5.12. The van der Waals surface area contributed by atoms with E-state index < -0.39 is 10.7 Å². The fraction of sp³-hybridized carbons (Fsp3) is 0. The molecule has 3 aromatic heterocycles. The lowest BCUT2D eigenvalue weighted by Gasteiger charge is -2.06. The average molecular weight is 524 g/mol. The highest BCUT2D eigenvalue weighted by Gasteiger charge is 2.18. The number of rotatable bonds is 3. The summed E-state index contributed by atoms with van der Waals surface area (Å²) >= 11 is 0. The zero-order valence-corrected chi connectivity index (χ0v) is 21.0. The van der Waals surface area contributed by atoms with Crippen molar-refractivity contribution in [2.24, 2.45) is 0 Å². The third kappa shape index (κ3) is 4.13. The monoisotopic (exact) mass is 523 g/mol. The molecule has 0 saturated heterocycles. The number of nitro benzene ring substituents is 1. The van der Waals surface area contributed by atoms with E-state index in [0.29, 0.717) is 16.8 Å². The molecule has 8 bridgehead atoms. The molecule has 0 unspecified atom stereocenters. The SMILES string of the molecule is O=[N+]([O-])c1ccc(-c2c3nc(c(-c4ccccc4)c4ccc(cc5nc(cc6ccc2[nH]6)C=C5)[nH]4)C=C3)cc1O. The largest absolute Gasteiger partial charge is 0.502 e. The summed E-state index contributed by atoms with van der Waals surface area (Å²) in [5.74, 6) is -0.410. The zero-order chi connectivity index (χ0) is 27.2. The number of nitrogens with one attached hydrogen (secondary N) is 2. The second-order valence-corrected chi connectivity index (χ2v) is 9.53. The van der Waals surface area contributed by atoms with Crippen molar-refractivity contribution in [3.8, 4) is 28.0 Å². The van der Waals surface area contributed by atoms with Gasteiger partial charge in [-0.25, -0.2) is 9.97 Å². The topological polar surface area (TPSA) is 121 Å². The standard InChI is InChI=1S/C32H21N5O3/c38-30-16-20(6-15-29(30)37(39)40)32-26-12-10-24(35-26)18-22-8-7-21(33-22)17-23-9-11-25(34-23)31(19-4-2-1-3-5-19)27-13-14-28(32)36-27/h1-18,34-35,38H. The van der Waals surface area contributed by atoms with Crippen LogP contribution in [0.2, 0.25) is 0 Å². The van der Waals surface area contributed by atoms with E-state index in [4.69, 9.17) is 9.97 Å². The van der Waals surface area contributed by atoms with Crippen LogP contribution in [0.3, 0.4) is 0 Å². The number of fused-ring (bicyclic) bond motifs is 8. The lowest BCUT2D eigenvalue weighted by molar-refractivity contribution is -0.385. The van der Waals surface area contributed by atoms with Gasteiger partial charge < -0.3 is 15.1 Å². The van der Waals surface area contributed by atoms with E-state index in [1.54, 1.807) is 6.07 Å². The average Bonchev–Trinajstić information content (AvgIpc) is 3.76. The van der Waals surface area contributed by atoms with E-state index in [1.165, 1.54) is 12.1 Å². The number of hydrogen-bond donors (Lipinski definition) is 3. The Bertz CT molecular complexity index is 2050. The van der Waals surface area contributed by atoms with E-state index >= 15 is 0 Å². The number of phenols is 1. The minimum absolute atomic E-state index is 0.355. The number of aromatic hydroxyl groups is 1. The summed E-state index contributed by atoms with van der Waals surface area (Å²) < 4.78 is 0. The van der Waals surface area contributed by atoms with Crippen molar-refractivity contribution in [3.05, 3.63) is 118 Å². The van der Waals surface area contributed by atoms with Crippen LogP contribution in [0.4, 0.5) is 5.69 Å². The van der Waals surface area contributed by atoms with Crippen LogP contribution in [0.5, 0.6) is 5.75 Å². The molecule has 3 N–H and O–H groups in total. The maximum atomic E-state index is 11.4. The molecule has 192 valence electrons. The van der Waals surface area contributed by atoms with Crippen LogP contribution >= 0.6 is 0 Å². The molecule has 5 heterocycles. The second kappa shape index (κ2) is 9.21. The molecule has 40 heavy (non-hydrogen) atoms. The summed E-state index contributed by atoms with van der Waals surface area (Å²) in [7, 11) is 0. The van der Waals surface area contributed by atoms with Gasteiger partial charge in [0.1, 0.15) is 0 Å². The van der Waals surface area contributed by atoms with Crippen molar-refractivity contribution in [3.63, 3.8) is 0 Å². The third-order valence-corrected chi connectivity index (χ3v) is 6.92. The first kappa shape index (κ1) is 23.4. The summed E-state index contributed by atoms with van der Waals surface area (Å²) in [6, 6.07) is 26.3. The van der Waals surface area contributed by atoms with Crippen LogP contribution in [-0.2, 0) is 0 Å². The molecule has 2 aromatic carbocycles. The Morgan fingerprint density at radius 2 is 1.25 bits per heavy atom. The molecule has 8 nitrogen and oxygen atoms in total. The molecule has 8 heteroatoms. The van der Waals surface area contributed by atoms with Gasteiger partial charge in [0, 0.05) is 39.3 Å². The predicted octanol–water partition coefficient (Wildman–Crippen LogP) is 7.60. The highest BCUT2D eigenvalue weighted by molar-refractivity contribution is 5.95. The normalized spacial score (nSPS) is 12.1. The van der Waals surface area contributed by atoms with Crippen molar-refractivity contribution in [1.29, 1.82) is 0 Å². The second-order valence-electron chi connectivity index (χ2n) is 9.53. The van der Waals surface area contributed by atoms with Crippen molar-refractivity contribution in [2.45, 2.75) is 0 Å². The molecule has 0 atom stereocenters. The number of hydrogen-bond acceptors (Lipinski definition) is 5. The van der Waals surface area contributed by atoms with Crippen molar-refractivity contribution < 1.29 is 10.0 Å². The molecule has 2 aliphatic rings. The van der Waals surface area contributed by atoms with Crippen LogP contribution in [0.1, 0.15) is 22.8 Å². The Hall–Kier alpha value is -5.76. The summed E-state index contributed by atoms with van der Waals surface area (Å²) in [4.78, 5) is 27.5. The molecule has 0 aliphatic carbocycles. The molecular formula is C32H21N5O3. The van der Waals surface area contributed by atoms with Gasteiger partial charge in [0.2, 0.25) is 0 Å². The van der Waals surface area contributed by atoms with Gasteiger partial charge in [0.25, 0.3) is 0 Å². The Morgan fingerprint density at radius 1 is 0.650 bits per heavy atom. The maximum Gasteiger partial charge on any atom is 0.310 e. The quantitative estimate of drug-likeness (QED) is 0.163. The van der Waals surface area contributed by atoms with Crippen LogP contribution < -0.4 is 0 Å². The number of H-pyrrole nitrogens is 2. The first-order chi connectivity index (χ1) is 19.5. The fourth-order valence-electron chi connectivity index (χ4n) is 5.12. The van der Waals surface area contributed by atoms with E-state index in [2.05, 4.69) is 9.97 Å². The predicted molar refractivity (Wildman–Crippen MR) is 158 cm³/mol. The number of nitro groups is 1. The van der Waals surface area contributed by atoms with Crippen molar-refractivity contribution >= 4 is 52.1 Å². The zero-order valence-electron chi connectivity index (χ0n) is 21.0. The minimum Gasteiger partial charge on any atom is -0.502 e. The van der Waals surface area contributed by atoms with E-state index in [9.17, 15) is 15.2 Å². The Balaban J connectivity index is 1.61. The molecule has 0 amide bonds. The maximum absolute atomic E-state index is 11.4. The molecule has 0 saturated carbocycles. The van der Waals surface area contributed by atoms with Gasteiger partial charge in [-0.3, -0.25) is 10.1 Å². The molecule has 0 spiro atoms. The Morgan fingerprint density at radius 3 is 1.82 bits per heavy atom. The molecular weight excluding hydrogens is 502 g/mol. The van der Waals surface area contributed by atoms with Gasteiger partial charge in [-0.15, -0.1) is 0 Å². The van der Waals surface area contributed by atoms with Crippen LogP contribution in [0.25, 0.3) is 68.6 Å². The lowest BCUT2D eigenvalue weighted by Crippen LogP contribution is -1.91. The van der Waals surface area contributed by atoms with E-state index in [1.807, 2.05) is 91.0 Å². The number of nitrogens with zero attached hydrogens (tertiary/aromatic N) is 3. The summed E-state index contributed by atoms with van der Waals surface area (Å²) in [6.07, 6.45) is 7.82. The number of phenolic OH excluding ortho intramolecular Hbond substituents is 1. The van der Waals surface area contributed by atoms with Crippen molar-refractivity contribution in [2.75, 3.05) is 0 Å². The molecule has 0 radical (unpaired) electrons. The van der Waals surface area contributed by atoms with Crippen LogP contribution in [0, 0.1) is 10.1 Å². The molecule has 5 aromatic rings. The molecule has 7 rings (SSSR count). The smallest absolute Gasteiger partial charge is 0.310 e. The number of benzene rings is 2. The van der Waals surface area contributed by atoms with E-state index in [0.717, 1.165) is 50.3 Å². The van der Waals surface area contributed by atoms with Gasteiger partial charge in [0.05, 0.1) is 27.7 Å². The van der Waals surface area contributed by atoms with Gasteiger partial charge in [-0.2, -0.15) is 0 Å². The van der Waals surface area contributed by atoms with Crippen LogP contribution in [-0.4, -0.2) is 30.0 Å². The number of aromatic amines is 2. The lowest BCUT2D eigenvalue weighted by atomic mass is 10.0. The molecule has 0 fully saturated rings.